The molecule has 1 fully saturated rings. The molecule has 1 aliphatic rings. The summed E-state index contributed by atoms with van der Waals surface area (Å²) in [6.07, 6.45) is 8.87. The van der Waals surface area contributed by atoms with Crippen molar-refractivity contribution in [3.05, 3.63) is 0 Å². The number of amides is 1. The molecule has 0 aromatic heterocycles. The lowest BCUT2D eigenvalue weighted by atomic mass is 10.2. The number of primary amides is 1. The van der Waals surface area contributed by atoms with Gasteiger partial charge in [-0.1, -0.05) is 0 Å². The summed E-state index contributed by atoms with van der Waals surface area (Å²) < 4.78 is 0. The molecule has 13 heavy (non-hydrogen) atoms. The minimum Gasteiger partial charge on any atom is -0.368 e. The van der Waals surface area contributed by atoms with Crippen LogP contribution in [0.15, 0.2) is 0 Å². The van der Waals surface area contributed by atoms with Crippen molar-refractivity contribution in [1.82, 2.24) is 4.90 Å². The van der Waals surface area contributed by atoms with Gasteiger partial charge in [0.25, 0.3) is 0 Å². The van der Waals surface area contributed by atoms with E-state index in [-0.39, 0.29) is 11.9 Å². The minimum absolute atomic E-state index is 0.0437. The molecule has 1 heterocycles. The molecule has 1 aliphatic heterocycles. The largest absolute Gasteiger partial charge is 0.368 e. The Bertz CT molecular complexity index is 219. The van der Waals surface area contributed by atoms with Gasteiger partial charge in [0, 0.05) is 6.42 Å². The van der Waals surface area contributed by atoms with E-state index in [1.165, 1.54) is 0 Å². The van der Waals surface area contributed by atoms with Crippen LogP contribution >= 0.6 is 0 Å². The van der Waals surface area contributed by atoms with Crippen LogP contribution in [-0.2, 0) is 4.79 Å². The Labute approximate surface area is 79.3 Å². The number of nitrogens with zero attached hydrogens (tertiary/aromatic N) is 1. The Morgan fingerprint density at radius 3 is 3.08 bits per heavy atom. The number of rotatable bonds is 4. The molecule has 0 bridgehead atoms. The van der Waals surface area contributed by atoms with Gasteiger partial charge in [-0.3, -0.25) is 9.69 Å². The van der Waals surface area contributed by atoms with E-state index < -0.39 is 0 Å². The van der Waals surface area contributed by atoms with Crippen LogP contribution in [0.25, 0.3) is 0 Å². The average molecular weight is 180 g/mol. The second-order valence-electron chi connectivity index (χ2n) is 3.40. The van der Waals surface area contributed by atoms with Crippen molar-refractivity contribution in [2.24, 2.45) is 5.73 Å². The predicted octanol–water partition coefficient (Wildman–Crippen LogP) is 0.350. The van der Waals surface area contributed by atoms with Crippen molar-refractivity contribution >= 4 is 5.91 Å². The molecule has 1 unspecified atom stereocenters. The summed E-state index contributed by atoms with van der Waals surface area (Å²) in [6, 6.07) is -0.0437. The van der Waals surface area contributed by atoms with Crippen molar-refractivity contribution in [2.75, 3.05) is 13.1 Å². The summed E-state index contributed by atoms with van der Waals surface area (Å²) in [4.78, 5) is 13.1. The van der Waals surface area contributed by atoms with E-state index in [2.05, 4.69) is 10.8 Å². The lowest BCUT2D eigenvalue weighted by molar-refractivity contribution is -0.122. The Morgan fingerprint density at radius 1 is 1.69 bits per heavy atom. The smallest absolute Gasteiger partial charge is 0.234 e. The van der Waals surface area contributed by atoms with E-state index in [0.29, 0.717) is 0 Å². The molecule has 0 radical (unpaired) electrons. The summed E-state index contributed by atoms with van der Waals surface area (Å²) in [5.41, 5.74) is 5.27. The van der Waals surface area contributed by atoms with Gasteiger partial charge in [-0.05, 0) is 32.4 Å². The Balaban J connectivity index is 2.32. The lowest BCUT2D eigenvalue weighted by Gasteiger charge is -2.20. The Morgan fingerprint density at radius 2 is 2.46 bits per heavy atom. The van der Waals surface area contributed by atoms with E-state index >= 15 is 0 Å². The zero-order chi connectivity index (χ0) is 9.68. The molecule has 0 spiro atoms. The predicted molar refractivity (Wildman–Crippen MR) is 51.9 cm³/mol. The zero-order valence-corrected chi connectivity index (χ0v) is 7.83. The molecule has 72 valence electrons. The van der Waals surface area contributed by atoms with Crippen LogP contribution in [0.1, 0.15) is 25.7 Å². The highest BCUT2D eigenvalue weighted by Gasteiger charge is 2.27. The lowest BCUT2D eigenvalue weighted by Crippen LogP contribution is -2.40. The van der Waals surface area contributed by atoms with Crippen LogP contribution in [0.2, 0.25) is 0 Å². The van der Waals surface area contributed by atoms with Gasteiger partial charge in [0.05, 0.1) is 6.04 Å². The van der Waals surface area contributed by atoms with Gasteiger partial charge in [-0.15, -0.1) is 12.3 Å². The number of carbonyl (C=O) groups excluding carboxylic acids is 1. The minimum atomic E-state index is -0.196. The first-order valence-corrected chi connectivity index (χ1v) is 4.72. The first-order valence-electron chi connectivity index (χ1n) is 4.72. The van der Waals surface area contributed by atoms with Gasteiger partial charge in [0.2, 0.25) is 5.91 Å². The summed E-state index contributed by atoms with van der Waals surface area (Å²) in [5, 5.41) is 0. The monoisotopic (exact) mass is 180 g/mol. The van der Waals surface area contributed by atoms with E-state index in [9.17, 15) is 4.79 Å². The van der Waals surface area contributed by atoms with Gasteiger partial charge in [0.15, 0.2) is 0 Å². The normalized spacial score (nSPS) is 22.8. The maximum atomic E-state index is 11.0. The first-order chi connectivity index (χ1) is 6.25. The van der Waals surface area contributed by atoms with Crippen molar-refractivity contribution in [3.63, 3.8) is 0 Å². The third kappa shape index (κ3) is 2.74. The maximum absolute atomic E-state index is 11.0. The molecular weight excluding hydrogens is 164 g/mol. The molecule has 1 atom stereocenters. The SMILES string of the molecule is C#CCCCN1CCCC1C(N)=O. The first kappa shape index (κ1) is 10.1. The van der Waals surface area contributed by atoms with Crippen LogP contribution in [0.4, 0.5) is 0 Å². The van der Waals surface area contributed by atoms with Crippen molar-refractivity contribution in [1.29, 1.82) is 0 Å². The second-order valence-corrected chi connectivity index (χ2v) is 3.40. The van der Waals surface area contributed by atoms with Crippen molar-refractivity contribution in [3.8, 4) is 12.3 Å². The molecule has 0 aromatic carbocycles. The van der Waals surface area contributed by atoms with Crippen LogP contribution in [0.5, 0.6) is 0 Å². The quantitative estimate of drug-likeness (QED) is 0.501. The van der Waals surface area contributed by atoms with E-state index in [4.69, 9.17) is 12.2 Å². The number of hydrogen-bond donors (Lipinski definition) is 1. The number of terminal acetylenes is 1. The van der Waals surface area contributed by atoms with E-state index in [1.54, 1.807) is 0 Å². The molecule has 1 rings (SSSR count). The molecule has 0 aliphatic carbocycles. The van der Waals surface area contributed by atoms with Gasteiger partial charge < -0.3 is 5.73 Å². The highest BCUT2D eigenvalue weighted by atomic mass is 16.1. The van der Waals surface area contributed by atoms with Crippen LogP contribution in [0, 0.1) is 12.3 Å². The van der Waals surface area contributed by atoms with Gasteiger partial charge in [-0.2, -0.15) is 0 Å². The third-order valence-corrected chi connectivity index (χ3v) is 2.46. The molecule has 0 saturated carbocycles. The second kappa shape index (κ2) is 4.88. The van der Waals surface area contributed by atoms with E-state index in [0.717, 1.165) is 38.8 Å². The third-order valence-electron chi connectivity index (χ3n) is 2.46. The van der Waals surface area contributed by atoms with Crippen molar-refractivity contribution < 1.29 is 4.79 Å². The molecule has 3 heteroatoms. The fourth-order valence-electron chi connectivity index (χ4n) is 1.80. The van der Waals surface area contributed by atoms with Crippen LogP contribution < -0.4 is 5.73 Å². The standard InChI is InChI=1S/C10H16N2O/c1-2-3-4-7-12-8-5-6-9(12)10(11)13/h1,9H,3-8H2,(H2,11,13). The fourth-order valence-corrected chi connectivity index (χ4v) is 1.80. The molecule has 1 saturated heterocycles. The average Bonchev–Trinajstić information content (AvgIpc) is 2.53. The summed E-state index contributed by atoms with van der Waals surface area (Å²) in [5.74, 6) is 2.40. The number of carbonyl (C=O) groups is 1. The van der Waals surface area contributed by atoms with Gasteiger partial charge in [-0.25, -0.2) is 0 Å². The number of hydrogen-bond acceptors (Lipinski definition) is 2. The number of nitrogens with two attached hydrogens (primary N) is 1. The highest BCUT2D eigenvalue weighted by Crippen LogP contribution is 2.16. The number of unbranched alkanes of at least 4 members (excludes halogenated alkanes) is 1. The van der Waals surface area contributed by atoms with Crippen LogP contribution in [0.3, 0.4) is 0 Å². The summed E-state index contributed by atoms with van der Waals surface area (Å²) in [6.45, 7) is 1.88. The van der Waals surface area contributed by atoms with Crippen LogP contribution in [-0.4, -0.2) is 29.9 Å². The fraction of sp³-hybridized carbons (Fsp3) is 0.700. The molecule has 1 amide bonds. The van der Waals surface area contributed by atoms with Crippen molar-refractivity contribution in [2.45, 2.75) is 31.7 Å². The number of likely N-dealkylation sites (tertiary alicyclic amines) is 1. The van der Waals surface area contributed by atoms with Gasteiger partial charge in [0.1, 0.15) is 0 Å². The molecule has 3 nitrogen and oxygen atoms in total. The van der Waals surface area contributed by atoms with Gasteiger partial charge >= 0.3 is 0 Å². The Hall–Kier alpha value is -1.01. The topological polar surface area (TPSA) is 46.3 Å². The summed E-state index contributed by atoms with van der Waals surface area (Å²) >= 11 is 0. The molecule has 2 N–H and O–H groups in total. The Kier molecular flexibility index (Phi) is 3.78. The zero-order valence-electron chi connectivity index (χ0n) is 7.83. The molecule has 0 aromatic rings. The maximum Gasteiger partial charge on any atom is 0.234 e. The highest BCUT2D eigenvalue weighted by molar-refractivity contribution is 5.80. The van der Waals surface area contributed by atoms with E-state index in [1.807, 2.05) is 0 Å². The summed E-state index contributed by atoms with van der Waals surface area (Å²) in [7, 11) is 0. The molecular formula is C10H16N2O.